The highest BCUT2D eigenvalue weighted by molar-refractivity contribution is 7.07. The van der Waals surface area contributed by atoms with Crippen LogP contribution in [0.1, 0.15) is 17.2 Å². The lowest BCUT2D eigenvalue weighted by Gasteiger charge is -2.24. The first-order valence-corrected chi connectivity index (χ1v) is 9.00. The highest BCUT2D eigenvalue weighted by Crippen LogP contribution is 2.20. The van der Waals surface area contributed by atoms with Crippen LogP contribution in [0.25, 0.3) is 10.8 Å². The summed E-state index contributed by atoms with van der Waals surface area (Å²) in [5.41, 5.74) is 2.29. The summed E-state index contributed by atoms with van der Waals surface area (Å²) >= 11 is 1.68. The van der Waals surface area contributed by atoms with Crippen molar-refractivity contribution in [3.63, 3.8) is 0 Å². The van der Waals surface area contributed by atoms with Gasteiger partial charge in [-0.15, -0.1) is 0 Å². The fourth-order valence-corrected chi connectivity index (χ4v) is 3.58. The maximum absolute atomic E-state index is 12.3. The molecule has 0 radical (unpaired) electrons. The van der Waals surface area contributed by atoms with E-state index in [1.807, 2.05) is 32.3 Å². The van der Waals surface area contributed by atoms with Gasteiger partial charge in [0, 0.05) is 6.54 Å². The molecular formula is C20H22N2OS. The first-order valence-electron chi connectivity index (χ1n) is 8.06. The molecule has 2 aromatic carbocycles. The molecule has 1 amide bonds. The Balaban J connectivity index is 1.62. The SMILES string of the molecule is CN(C)C(CNC(=O)Cc1ccc2ccccc2c1)c1ccsc1. The zero-order valence-corrected chi connectivity index (χ0v) is 14.8. The van der Waals surface area contributed by atoms with E-state index < -0.39 is 0 Å². The molecule has 1 aromatic heterocycles. The Morgan fingerprint density at radius 3 is 2.62 bits per heavy atom. The fraction of sp³-hybridized carbons (Fsp3) is 0.250. The minimum atomic E-state index is 0.0624. The van der Waals surface area contributed by atoms with Gasteiger partial charge in [0.25, 0.3) is 0 Å². The quantitative estimate of drug-likeness (QED) is 0.740. The largest absolute Gasteiger partial charge is 0.354 e. The van der Waals surface area contributed by atoms with Crippen LogP contribution in [0.4, 0.5) is 0 Å². The summed E-state index contributed by atoms with van der Waals surface area (Å²) in [5.74, 6) is 0.0624. The van der Waals surface area contributed by atoms with Crippen LogP contribution in [0.15, 0.2) is 59.3 Å². The van der Waals surface area contributed by atoms with Crippen molar-refractivity contribution in [2.45, 2.75) is 12.5 Å². The number of amides is 1. The van der Waals surface area contributed by atoms with Crippen LogP contribution in [-0.4, -0.2) is 31.4 Å². The Kier molecular flexibility index (Phi) is 5.28. The van der Waals surface area contributed by atoms with Gasteiger partial charge >= 0.3 is 0 Å². The van der Waals surface area contributed by atoms with Gasteiger partial charge in [0.05, 0.1) is 12.5 Å². The molecule has 0 aliphatic heterocycles. The number of likely N-dealkylation sites (N-methyl/N-ethyl adjacent to an activating group) is 1. The van der Waals surface area contributed by atoms with E-state index in [0.717, 1.165) is 5.56 Å². The molecule has 24 heavy (non-hydrogen) atoms. The van der Waals surface area contributed by atoms with Gasteiger partial charge in [-0.3, -0.25) is 4.79 Å². The second kappa shape index (κ2) is 7.60. The van der Waals surface area contributed by atoms with Gasteiger partial charge < -0.3 is 10.2 Å². The molecule has 124 valence electrons. The second-order valence-electron chi connectivity index (χ2n) is 6.20. The van der Waals surface area contributed by atoms with Crippen LogP contribution in [0.5, 0.6) is 0 Å². The van der Waals surface area contributed by atoms with E-state index in [1.165, 1.54) is 16.3 Å². The van der Waals surface area contributed by atoms with Gasteiger partial charge in [-0.25, -0.2) is 0 Å². The number of nitrogens with zero attached hydrogens (tertiary/aromatic N) is 1. The van der Waals surface area contributed by atoms with E-state index in [9.17, 15) is 4.79 Å². The van der Waals surface area contributed by atoms with Gasteiger partial charge in [-0.05, 0) is 52.8 Å². The van der Waals surface area contributed by atoms with E-state index in [4.69, 9.17) is 0 Å². The average Bonchev–Trinajstić information content (AvgIpc) is 3.09. The molecular weight excluding hydrogens is 316 g/mol. The van der Waals surface area contributed by atoms with Crippen molar-refractivity contribution in [1.29, 1.82) is 0 Å². The van der Waals surface area contributed by atoms with Crippen molar-refractivity contribution in [3.05, 3.63) is 70.4 Å². The van der Waals surface area contributed by atoms with Crippen molar-refractivity contribution >= 4 is 28.0 Å². The molecule has 3 aromatic rings. The highest BCUT2D eigenvalue weighted by Gasteiger charge is 2.15. The highest BCUT2D eigenvalue weighted by atomic mass is 32.1. The van der Waals surface area contributed by atoms with Crippen LogP contribution in [0.2, 0.25) is 0 Å². The number of thiophene rings is 1. The zero-order valence-electron chi connectivity index (χ0n) is 14.0. The number of fused-ring (bicyclic) bond motifs is 1. The summed E-state index contributed by atoms with van der Waals surface area (Å²) in [6, 6.07) is 16.7. The Bertz CT molecular complexity index is 811. The Morgan fingerprint density at radius 2 is 1.92 bits per heavy atom. The molecule has 0 aliphatic rings. The van der Waals surface area contributed by atoms with Crippen molar-refractivity contribution in [1.82, 2.24) is 10.2 Å². The number of nitrogens with one attached hydrogen (secondary N) is 1. The zero-order chi connectivity index (χ0) is 16.9. The minimum Gasteiger partial charge on any atom is -0.354 e. The van der Waals surface area contributed by atoms with Gasteiger partial charge in [0.1, 0.15) is 0 Å². The lowest BCUT2D eigenvalue weighted by atomic mass is 10.0. The first kappa shape index (κ1) is 16.7. The molecule has 1 N–H and O–H groups in total. The maximum atomic E-state index is 12.3. The van der Waals surface area contributed by atoms with E-state index in [0.29, 0.717) is 13.0 Å². The van der Waals surface area contributed by atoms with Crippen LogP contribution in [0.3, 0.4) is 0 Å². The summed E-state index contributed by atoms with van der Waals surface area (Å²) in [6.07, 6.45) is 0.411. The lowest BCUT2D eigenvalue weighted by Crippen LogP contribution is -2.35. The predicted molar refractivity (Wildman–Crippen MR) is 101 cm³/mol. The van der Waals surface area contributed by atoms with Crippen molar-refractivity contribution in [2.75, 3.05) is 20.6 Å². The molecule has 0 saturated heterocycles. The number of hydrogen-bond donors (Lipinski definition) is 1. The Labute approximate surface area is 146 Å². The summed E-state index contributed by atoms with van der Waals surface area (Å²) < 4.78 is 0. The van der Waals surface area contributed by atoms with Crippen LogP contribution >= 0.6 is 11.3 Å². The third-order valence-corrected chi connectivity index (χ3v) is 4.92. The number of rotatable bonds is 6. The molecule has 4 heteroatoms. The van der Waals surface area contributed by atoms with Crippen LogP contribution in [-0.2, 0) is 11.2 Å². The van der Waals surface area contributed by atoms with Crippen LogP contribution < -0.4 is 5.32 Å². The van der Waals surface area contributed by atoms with Crippen molar-refractivity contribution in [3.8, 4) is 0 Å². The van der Waals surface area contributed by atoms with E-state index in [1.54, 1.807) is 11.3 Å². The molecule has 1 atom stereocenters. The Morgan fingerprint density at radius 1 is 1.12 bits per heavy atom. The molecule has 1 heterocycles. The third-order valence-electron chi connectivity index (χ3n) is 4.22. The normalized spacial score (nSPS) is 12.5. The van der Waals surface area contributed by atoms with E-state index >= 15 is 0 Å². The van der Waals surface area contributed by atoms with Gasteiger partial charge in [0.15, 0.2) is 0 Å². The molecule has 0 aliphatic carbocycles. The topological polar surface area (TPSA) is 32.3 Å². The van der Waals surface area contributed by atoms with Crippen LogP contribution in [0, 0.1) is 0 Å². The predicted octanol–water partition coefficient (Wildman–Crippen LogP) is 3.86. The number of carbonyl (C=O) groups excluding carboxylic acids is 1. The molecule has 0 bridgehead atoms. The van der Waals surface area contributed by atoms with Crippen molar-refractivity contribution < 1.29 is 4.79 Å². The number of hydrogen-bond acceptors (Lipinski definition) is 3. The smallest absolute Gasteiger partial charge is 0.224 e. The molecule has 1 unspecified atom stereocenters. The average molecular weight is 338 g/mol. The summed E-state index contributed by atoms with van der Waals surface area (Å²) in [4.78, 5) is 14.5. The summed E-state index contributed by atoms with van der Waals surface area (Å²) in [5, 5.41) is 9.66. The number of carbonyl (C=O) groups is 1. The third kappa shape index (κ3) is 4.02. The second-order valence-corrected chi connectivity index (χ2v) is 6.98. The van der Waals surface area contributed by atoms with Crippen molar-refractivity contribution in [2.24, 2.45) is 0 Å². The minimum absolute atomic E-state index is 0.0624. The standard InChI is InChI=1S/C20H22N2OS/c1-22(2)19(18-9-10-24-14-18)13-21-20(23)12-15-7-8-16-5-3-4-6-17(16)11-15/h3-11,14,19H,12-13H2,1-2H3,(H,21,23). The molecule has 0 spiro atoms. The maximum Gasteiger partial charge on any atom is 0.224 e. The Hall–Kier alpha value is -2.17. The summed E-state index contributed by atoms with van der Waals surface area (Å²) in [6.45, 7) is 0.621. The summed E-state index contributed by atoms with van der Waals surface area (Å²) in [7, 11) is 4.08. The fourth-order valence-electron chi connectivity index (χ4n) is 2.87. The molecule has 0 saturated carbocycles. The molecule has 3 nitrogen and oxygen atoms in total. The van der Waals surface area contributed by atoms with Gasteiger partial charge in [-0.1, -0.05) is 42.5 Å². The lowest BCUT2D eigenvalue weighted by molar-refractivity contribution is -0.120. The molecule has 3 rings (SSSR count). The monoisotopic (exact) mass is 338 g/mol. The van der Waals surface area contributed by atoms with Gasteiger partial charge in [0.2, 0.25) is 5.91 Å². The van der Waals surface area contributed by atoms with E-state index in [2.05, 4.69) is 51.3 Å². The first-order chi connectivity index (χ1) is 11.6. The number of benzene rings is 2. The van der Waals surface area contributed by atoms with Gasteiger partial charge in [-0.2, -0.15) is 11.3 Å². The molecule has 0 fully saturated rings. The van der Waals surface area contributed by atoms with E-state index in [-0.39, 0.29) is 11.9 Å².